The first-order chi connectivity index (χ1) is 15.0. The van der Waals surface area contributed by atoms with Crippen molar-refractivity contribution in [3.8, 4) is 11.5 Å². The zero-order chi connectivity index (χ0) is 21.8. The number of aryl methyl sites for hydroxylation is 2. The van der Waals surface area contributed by atoms with Crippen molar-refractivity contribution >= 4 is 23.4 Å². The molecule has 0 amide bonds. The molecule has 0 radical (unpaired) electrons. The van der Waals surface area contributed by atoms with E-state index in [4.69, 9.17) is 9.47 Å². The molecule has 2 aromatic carbocycles. The van der Waals surface area contributed by atoms with E-state index in [2.05, 4.69) is 14.9 Å². The van der Waals surface area contributed by atoms with E-state index in [1.165, 1.54) is 0 Å². The highest BCUT2D eigenvalue weighted by Gasteiger charge is 2.22. The SMILES string of the molecule is Cc1cc(OCC(O)CN2CCC(COc3ccccc3)CC2)c2[nH]c(=O)[nH]c2c1C.Cl. The van der Waals surface area contributed by atoms with Crippen LogP contribution in [-0.4, -0.2) is 58.9 Å². The molecule has 32 heavy (non-hydrogen) atoms. The van der Waals surface area contributed by atoms with Crippen LogP contribution in [0.5, 0.6) is 11.5 Å². The zero-order valence-corrected chi connectivity index (χ0v) is 19.4. The first-order valence-corrected chi connectivity index (χ1v) is 10.9. The number of aliphatic hydroxyl groups excluding tert-OH is 1. The second-order valence-electron chi connectivity index (χ2n) is 8.48. The maximum Gasteiger partial charge on any atom is 0.323 e. The Morgan fingerprint density at radius 3 is 2.50 bits per heavy atom. The third kappa shape index (κ3) is 5.85. The number of likely N-dealkylation sites (tertiary alicyclic amines) is 1. The maximum absolute atomic E-state index is 11.7. The van der Waals surface area contributed by atoms with Crippen LogP contribution in [0.3, 0.4) is 0 Å². The summed E-state index contributed by atoms with van der Waals surface area (Å²) in [5, 5.41) is 10.5. The monoisotopic (exact) mass is 461 g/mol. The fourth-order valence-electron chi connectivity index (χ4n) is 4.14. The van der Waals surface area contributed by atoms with Crippen LogP contribution in [0.15, 0.2) is 41.2 Å². The predicted molar refractivity (Wildman–Crippen MR) is 128 cm³/mol. The molecule has 1 atom stereocenters. The Balaban J connectivity index is 0.00000289. The number of aromatic nitrogens is 2. The van der Waals surface area contributed by atoms with Gasteiger partial charge in [0.1, 0.15) is 29.7 Å². The van der Waals surface area contributed by atoms with Crippen LogP contribution >= 0.6 is 12.4 Å². The number of aliphatic hydroxyl groups is 1. The molecule has 0 aliphatic carbocycles. The molecular formula is C24H32ClN3O4. The highest BCUT2D eigenvalue weighted by atomic mass is 35.5. The fourth-order valence-corrected chi connectivity index (χ4v) is 4.14. The van der Waals surface area contributed by atoms with Gasteiger partial charge in [0.2, 0.25) is 0 Å². The van der Waals surface area contributed by atoms with Gasteiger partial charge in [-0.25, -0.2) is 4.79 Å². The minimum absolute atomic E-state index is 0. The van der Waals surface area contributed by atoms with Crippen molar-refractivity contribution in [3.05, 3.63) is 58.0 Å². The fraction of sp³-hybridized carbons (Fsp3) is 0.458. The van der Waals surface area contributed by atoms with Gasteiger partial charge in [0.05, 0.1) is 12.1 Å². The molecule has 3 N–H and O–H groups in total. The van der Waals surface area contributed by atoms with Gasteiger partial charge in [-0.15, -0.1) is 12.4 Å². The minimum atomic E-state index is -0.598. The summed E-state index contributed by atoms with van der Waals surface area (Å²) < 4.78 is 11.8. The molecule has 0 bridgehead atoms. The number of aromatic amines is 2. The number of ether oxygens (including phenoxy) is 2. The second-order valence-corrected chi connectivity index (χ2v) is 8.48. The number of halogens is 1. The van der Waals surface area contributed by atoms with Gasteiger partial charge >= 0.3 is 5.69 Å². The maximum atomic E-state index is 11.7. The number of β-amino-alcohol motifs (C(OH)–C–C–N with tert-alkyl or cyclic N) is 1. The largest absolute Gasteiger partial charge is 0.493 e. The molecule has 0 spiro atoms. The summed E-state index contributed by atoms with van der Waals surface area (Å²) in [6, 6.07) is 11.8. The number of imidazole rings is 1. The smallest absolute Gasteiger partial charge is 0.323 e. The number of hydrogen-bond acceptors (Lipinski definition) is 5. The number of para-hydroxylation sites is 1. The van der Waals surface area contributed by atoms with Gasteiger partial charge in [-0.2, -0.15) is 0 Å². The lowest BCUT2D eigenvalue weighted by molar-refractivity contribution is 0.0506. The Labute approximate surface area is 194 Å². The topological polar surface area (TPSA) is 90.6 Å². The van der Waals surface area contributed by atoms with Gasteiger partial charge < -0.3 is 29.4 Å². The molecule has 4 rings (SSSR count). The second kappa shape index (κ2) is 10.9. The standard InChI is InChI=1S/C24H31N3O4.ClH/c1-16-12-21(23-22(17(16)2)25-24(29)26-23)31-15-19(28)13-27-10-8-18(9-11-27)14-30-20-6-4-3-5-7-20;/h3-7,12,18-19,28H,8-11,13-15H2,1-2H3,(H2,25,26,29);1H. The number of fused-ring (bicyclic) bond motifs is 1. The normalized spacial score (nSPS) is 16.0. The summed E-state index contributed by atoms with van der Waals surface area (Å²) in [4.78, 5) is 19.6. The molecule has 7 nitrogen and oxygen atoms in total. The molecular weight excluding hydrogens is 430 g/mol. The summed E-state index contributed by atoms with van der Waals surface area (Å²) in [5.41, 5.74) is 3.20. The van der Waals surface area contributed by atoms with Crippen molar-refractivity contribution in [2.24, 2.45) is 5.92 Å². The van der Waals surface area contributed by atoms with E-state index in [0.717, 1.165) is 54.9 Å². The summed E-state index contributed by atoms with van der Waals surface area (Å²) in [6.07, 6.45) is 1.52. The zero-order valence-electron chi connectivity index (χ0n) is 18.6. The van der Waals surface area contributed by atoms with E-state index in [9.17, 15) is 9.90 Å². The molecule has 1 fully saturated rings. The van der Waals surface area contributed by atoms with Crippen LogP contribution in [-0.2, 0) is 0 Å². The molecule has 1 aliphatic heterocycles. The average molecular weight is 462 g/mol. The summed E-state index contributed by atoms with van der Waals surface area (Å²) in [5.74, 6) is 2.05. The first kappa shape index (κ1) is 24.2. The highest BCUT2D eigenvalue weighted by Crippen LogP contribution is 2.28. The van der Waals surface area contributed by atoms with Crippen LogP contribution in [0.4, 0.5) is 0 Å². The summed E-state index contributed by atoms with van der Waals surface area (Å²) in [6.45, 7) is 7.33. The molecule has 1 aromatic heterocycles. The quantitative estimate of drug-likeness (QED) is 0.478. The Kier molecular flexibility index (Phi) is 8.23. The Morgan fingerprint density at radius 1 is 1.09 bits per heavy atom. The molecule has 3 aromatic rings. The number of benzene rings is 2. The molecule has 1 unspecified atom stereocenters. The van der Waals surface area contributed by atoms with E-state index < -0.39 is 6.10 Å². The van der Waals surface area contributed by atoms with Crippen molar-refractivity contribution in [1.82, 2.24) is 14.9 Å². The van der Waals surface area contributed by atoms with Gasteiger partial charge in [-0.3, -0.25) is 0 Å². The number of H-pyrrole nitrogens is 2. The van der Waals surface area contributed by atoms with Crippen molar-refractivity contribution in [3.63, 3.8) is 0 Å². The molecule has 0 saturated carbocycles. The van der Waals surface area contributed by atoms with Gasteiger partial charge in [-0.05, 0) is 75.0 Å². The van der Waals surface area contributed by atoms with E-state index >= 15 is 0 Å². The molecule has 8 heteroatoms. The Morgan fingerprint density at radius 2 is 1.78 bits per heavy atom. The summed E-state index contributed by atoms with van der Waals surface area (Å²) >= 11 is 0. The Bertz CT molecular complexity index is 1060. The lowest BCUT2D eigenvalue weighted by atomic mass is 9.97. The lowest BCUT2D eigenvalue weighted by Gasteiger charge is -2.33. The number of hydrogen-bond donors (Lipinski definition) is 3. The Hall–Kier alpha value is -2.48. The van der Waals surface area contributed by atoms with E-state index in [-0.39, 0.29) is 24.7 Å². The molecule has 174 valence electrons. The minimum Gasteiger partial charge on any atom is -0.493 e. The third-order valence-corrected chi connectivity index (χ3v) is 6.12. The van der Waals surface area contributed by atoms with Crippen molar-refractivity contribution in [1.29, 1.82) is 0 Å². The van der Waals surface area contributed by atoms with Gasteiger partial charge in [0, 0.05) is 6.54 Å². The van der Waals surface area contributed by atoms with Crippen LogP contribution in [0, 0.1) is 19.8 Å². The number of rotatable bonds is 8. The first-order valence-electron chi connectivity index (χ1n) is 10.9. The lowest BCUT2D eigenvalue weighted by Crippen LogP contribution is -2.41. The number of nitrogens with zero attached hydrogens (tertiary/aromatic N) is 1. The van der Waals surface area contributed by atoms with Gasteiger partial charge in [0.25, 0.3) is 0 Å². The third-order valence-electron chi connectivity index (χ3n) is 6.12. The van der Waals surface area contributed by atoms with E-state index in [1.54, 1.807) is 0 Å². The van der Waals surface area contributed by atoms with Crippen molar-refractivity contribution < 1.29 is 14.6 Å². The highest BCUT2D eigenvalue weighted by molar-refractivity contribution is 5.85. The van der Waals surface area contributed by atoms with Crippen LogP contribution < -0.4 is 15.2 Å². The summed E-state index contributed by atoms with van der Waals surface area (Å²) in [7, 11) is 0. The van der Waals surface area contributed by atoms with E-state index in [0.29, 0.717) is 23.7 Å². The number of piperidine rings is 1. The van der Waals surface area contributed by atoms with Crippen molar-refractivity contribution in [2.45, 2.75) is 32.8 Å². The number of nitrogens with one attached hydrogen (secondary N) is 2. The van der Waals surface area contributed by atoms with E-state index in [1.807, 2.05) is 50.2 Å². The molecule has 1 aliphatic rings. The van der Waals surface area contributed by atoms with Crippen LogP contribution in [0.2, 0.25) is 0 Å². The van der Waals surface area contributed by atoms with Gasteiger partial charge in [0.15, 0.2) is 0 Å². The molecule has 2 heterocycles. The van der Waals surface area contributed by atoms with Crippen LogP contribution in [0.1, 0.15) is 24.0 Å². The molecule has 1 saturated heterocycles. The van der Waals surface area contributed by atoms with Crippen molar-refractivity contribution in [2.75, 3.05) is 32.8 Å². The predicted octanol–water partition coefficient (Wildman–Crippen LogP) is 3.43. The van der Waals surface area contributed by atoms with Gasteiger partial charge in [-0.1, -0.05) is 18.2 Å². The van der Waals surface area contributed by atoms with Crippen LogP contribution in [0.25, 0.3) is 11.0 Å². The average Bonchev–Trinajstić information content (AvgIpc) is 3.17.